The van der Waals surface area contributed by atoms with Crippen LogP contribution in [0.4, 0.5) is 0 Å². The number of azide groups is 1. The number of aliphatic hydroxyl groups excluding tert-OH is 2. The van der Waals surface area contributed by atoms with Gasteiger partial charge in [-0.2, -0.15) is 0 Å². The maximum atomic E-state index is 10.7. The van der Waals surface area contributed by atoms with Crippen LogP contribution in [-0.4, -0.2) is 46.5 Å². The van der Waals surface area contributed by atoms with E-state index in [-0.39, 0.29) is 0 Å². The Kier molecular flexibility index (Phi) is 4.24. The lowest BCUT2D eigenvalue weighted by Gasteiger charge is -2.20. The first kappa shape index (κ1) is 10.9. The molecule has 0 bridgehead atoms. The highest BCUT2D eigenvalue weighted by Crippen LogP contribution is 2.05. The van der Waals surface area contributed by atoms with Crippen molar-refractivity contribution in [2.45, 2.75) is 5.60 Å². The second-order valence-corrected chi connectivity index (χ2v) is 2.16. The summed E-state index contributed by atoms with van der Waals surface area (Å²) < 4.78 is 0. The molecule has 0 aliphatic heterocycles. The summed E-state index contributed by atoms with van der Waals surface area (Å²) in [6.07, 6.45) is 0. The number of carbonyl (C=O) groups is 1. The number of aliphatic hydroxyl groups is 3. The fraction of sp³-hybridized carbons (Fsp3) is 0.800. The first-order valence-corrected chi connectivity index (χ1v) is 3.09. The topological polar surface area (TPSA) is 127 Å². The Morgan fingerprint density at radius 3 is 2.50 bits per heavy atom. The Morgan fingerprint density at radius 2 is 2.17 bits per heavy atom. The number of hydrogen-bond donors (Lipinski definition) is 3. The molecule has 0 heterocycles. The molecule has 0 unspecified atom stereocenters. The van der Waals surface area contributed by atoms with Gasteiger partial charge >= 0.3 is 0 Å². The van der Waals surface area contributed by atoms with E-state index in [0.717, 1.165) is 0 Å². The van der Waals surface area contributed by atoms with Gasteiger partial charge in [0.2, 0.25) is 0 Å². The van der Waals surface area contributed by atoms with Crippen LogP contribution in [0.15, 0.2) is 5.11 Å². The summed E-state index contributed by atoms with van der Waals surface area (Å²) in [5, 5.41) is 29.0. The van der Waals surface area contributed by atoms with E-state index in [0.29, 0.717) is 0 Å². The maximum absolute atomic E-state index is 10.7. The van der Waals surface area contributed by atoms with Crippen molar-refractivity contribution in [3.05, 3.63) is 10.4 Å². The third kappa shape index (κ3) is 2.48. The Balaban J connectivity index is 4.43. The third-order valence-electron chi connectivity index (χ3n) is 1.32. The first-order valence-electron chi connectivity index (χ1n) is 3.09. The van der Waals surface area contributed by atoms with Gasteiger partial charge in [-0.25, -0.2) is 0 Å². The lowest BCUT2D eigenvalue weighted by molar-refractivity contribution is -0.143. The SMILES string of the molecule is [N-]=[N+]=NC[C@@](O)(CO)C(=O)CO. The van der Waals surface area contributed by atoms with Crippen molar-refractivity contribution in [2.24, 2.45) is 5.11 Å². The molecule has 0 aliphatic carbocycles. The van der Waals surface area contributed by atoms with Crippen molar-refractivity contribution in [3.8, 4) is 0 Å². The number of carbonyl (C=O) groups excluding carboxylic acids is 1. The molecule has 0 saturated heterocycles. The molecule has 0 aromatic rings. The van der Waals surface area contributed by atoms with E-state index in [1.165, 1.54) is 0 Å². The van der Waals surface area contributed by atoms with Gasteiger partial charge in [0.05, 0.1) is 13.2 Å². The molecule has 0 saturated carbocycles. The second kappa shape index (κ2) is 4.68. The second-order valence-electron chi connectivity index (χ2n) is 2.16. The predicted octanol–water partition coefficient (Wildman–Crippen LogP) is -1.42. The third-order valence-corrected chi connectivity index (χ3v) is 1.32. The largest absolute Gasteiger partial charge is 0.393 e. The molecule has 3 N–H and O–H groups in total. The summed E-state index contributed by atoms with van der Waals surface area (Å²) in [4.78, 5) is 13.0. The van der Waals surface area contributed by atoms with Crippen LogP contribution in [0.25, 0.3) is 10.4 Å². The van der Waals surface area contributed by atoms with Crippen molar-refractivity contribution in [2.75, 3.05) is 19.8 Å². The van der Waals surface area contributed by atoms with Crippen molar-refractivity contribution < 1.29 is 20.1 Å². The molecule has 0 fully saturated rings. The molecule has 1 atom stereocenters. The van der Waals surface area contributed by atoms with E-state index in [9.17, 15) is 9.90 Å². The molecule has 0 radical (unpaired) electrons. The lowest BCUT2D eigenvalue weighted by Crippen LogP contribution is -2.46. The van der Waals surface area contributed by atoms with Crippen LogP contribution >= 0.6 is 0 Å². The number of nitrogens with zero attached hydrogens (tertiary/aromatic N) is 3. The van der Waals surface area contributed by atoms with Gasteiger partial charge in [0, 0.05) is 4.91 Å². The lowest BCUT2D eigenvalue weighted by atomic mass is 10.0. The van der Waals surface area contributed by atoms with Crippen LogP contribution in [0.3, 0.4) is 0 Å². The molecule has 0 aliphatic rings. The zero-order chi connectivity index (χ0) is 9.61. The Labute approximate surface area is 67.9 Å². The minimum absolute atomic E-state index is 0.584. The highest BCUT2D eigenvalue weighted by Gasteiger charge is 2.33. The number of Topliss-reactive ketones (excluding diaryl/α,β-unsaturated/α-hetero) is 1. The van der Waals surface area contributed by atoms with Crippen LogP contribution < -0.4 is 0 Å². The normalized spacial score (nSPS) is 14.6. The average molecular weight is 175 g/mol. The van der Waals surface area contributed by atoms with Gasteiger partial charge in [0.25, 0.3) is 0 Å². The first-order chi connectivity index (χ1) is 5.60. The molecule has 0 rings (SSSR count). The molecule has 7 nitrogen and oxygen atoms in total. The fourth-order valence-electron chi connectivity index (χ4n) is 0.522. The molecule has 7 heteroatoms. The van der Waals surface area contributed by atoms with Gasteiger partial charge in [0.1, 0.15) is 6.61 Å². The number of ketones is 1. The van der Waals surface area contributed by atoms with Crippen molar-refractivity contribution in [1.82, 2.24) is 0 Å². The van der Waals surface area contributed by atoms with Crippen LogP contribution in [0.5, 0.6) is 0 Å². The standard InChI is InChI=1S/C5H9N3O4/c6-8-7-2-5(12,3-10)4(11)1-9/h9-10,12H,1-3H2/t5-/m1/s1. The van der Waals surface area contributed by atoms with Gasteiger partial charge in [-0.15, -0.1) is 0 Å². The van der Waals surface area contributed by atoms with Gasteiger partial charge in [-0.05, 0) is 5.53 Å². The minimum atomic E-state index is -2.15. The van der Waals surface area contributed by atoms with Gasteiger partial charge < -0.3 is 15.3 Å². The van der Waals surface area contributed by atoms with E-state index in [1.54, 1.807) is 0 Å². The van der Waals surface area contributed by atoms with Gasteiger partial charge in [-0.1, -0.05) is 5.11 Å². The van der Waals surface area contributed by atoms with E-state index in [4.69, 9.17) is 15.7 Å². The van der Waals surface area contributed by atoms with Crippen LogP contribution in [-0.2, 0) is 4.79 Å². The smallest absolute Gasteiger partial charge is 0.192 e. The van der Waals surface area contributed by atoms with Crippen LogP contribution in [0, 0.1) is 0 Å². The van der Waals surface area contributed by atoms with E-state index in [1.807, 2.05) is 0 Å². The zero-order valence-corrected chi connectivity index (χ0v) is 6.21. The van der Waals surface area contributed by atoms with E-state index >= 15 is 0 Å². The molecular formula is C5H9N3O4. The number of rotatable bonds is 5. The summed E-state index contributed by atoms with van der Waals surface area (Å²) in [7, 11) is 0. The Hall–Kier alpha value is -1.14. The average Bonchev–Trinajstić information content (AvgIpc) is 2.12. The van der Waals surface area contributed by atoms with E-state index in [2.05, 4.69) is 10.0 Å². The summed E-state index contributed by atoms with van der Waals surface area (Å²) in [5.41, 5.74) is 5.72. The summed E-state index contributed by atoms with van der Waals surface area (Å²) in [6.45, 7) is -2.37. The molecular weight excluding hydrogens is 166 g/mol. The van der Waals surface area contributed by atoms with Gasteiger partial charge in [-0.3, -0.25) is 4.79 Å². The molecule has 0 amide bonds. The minimum Gasteiger partial charge on any atom is -0.393 e. The fourth-order valence-corrected chi connectivity index (χ4v) is 0.522. The molecule has 12 heavy (non-hydrogen) atoms. The Morgan fingerprint density at radius 1 is 1.58 bits per heavy atom. The van der Waals surface area contributed by atoms with Crippen LogP contribution in [0.1, 0.15) is 0 Å². The van der Waals surface area contributed by atoms with Crippen molar-refractivity contribution in [1.29, 1.82) is 0 Å². The molecule has 0 aromatic carbocycles. The van der Waals surface area contributed by atoms with Crippen molar-refractivity contribution in [3.63, 3.8) is 0 Å². The summed E-state index contributed by atoms with van der Waals surface area (Å²) in [5.74, 6) is -0.975. The number of hydrogen-bond acceptors (Lipinski definition) is 5. The molecule has 0 spiro atoms. The highest BCUT2D eigenvalue weighted by atomic mass is 16.3. The Bertz CT molecular complexity index is 213. The maximum Gasteiger partial charge on any atom is 0.192 e. The van der Waals surface area contributed by atoms with E-state index < -0.39 is 31.1 Å². The molecule has 68 valence electrons. The quantitative estimate of drug-likeness (QED) is 0.269. The summed E-state index contributed by atoms with van der Waals surface area (Å²) >= 11 is 0. The molecule has 0 aromatic heterocycles. The predicted molar refractivity (Wildman–Crippen MR) is 38.1 cm³/mol. The highest BCUT2D eigenvalue weighted by molar-refractivity contribution is 5.88. The van der Waals surface area contributed by atoms with Crippen molar-refractivity contribution >= 4 is 5.78 Å². The monoisotopic (exact) mass is 175 g/mol. The van der Waals surface area contributed by atoms with Crippen LogP contribution in [0.2, 0.25) is 0 Å². The zero-order valence-electron chi connectivity index (χ0n) is 6.21. The van der Waals surface area contributed by atoms with Gasteiger partial charge in [0.15, 0.2) is 11.4 Å². The summed E-state index contributed by atoms with van der Waals surface area (Å²) in [6, 6.07) is 0.